The van der Waals surface area contributed by atoms with Gasteiger partial charge in [-0.3, -0.25) is 9.36 Å². The van der Waals surface area contributed by atoms with Gasteiger partial charge in [-0.05, 0) is 23.8 Å². The normalized spacial score (nSPS) is 10.3. The second-order valence-electron chi connectivity index (χ2n) is 3.39. The van der Waals surface area contributed by atoms with Crippen molar-refractivity contribution in [3.05, 3.63) is 57.7 Å². The smallest absolute Gasteiger partial charge is 0.253 e. The number of hydrogen-bond donors (Lipinski definition) is 1. The average Bonchev–Trinajstić information content (AvgIpc) is 2.27. The van der Waals surface area contributed by atoms with Crippen molar-refractivity contribution < 1.29 is 0 Å². The third-order valence-corrected chi connectivity index (χ3v) is 2.47. The molecule has 0 saturated carbocycles. The van der Waals surface area contributed by atoms with Gasteiger partial charge in [0.05, 0.1) is 12.9 Å². The third kappa shape index (κ3) is 2.23. The summed E-state index contributed by atoms with van der Waals surface area (Å²) in [4.78, 5) is 15.4. The first-order valence-electron chi connectivity index (χ1n) is 4.71. The number of nitrogen functional groups attached to an aromatic ring is 1. The van der Waals surface area contributed by atoms with Gasteiger partial charge in [0.25, 0.3) is 5.56 Å². The van der Waals surface area contributed by atoms with Crippen LogP contribution in [0.4, 0.5) is 5.69 Å². The van der Waals surface area contributed by atoms with E-state index in [9.17, 15) is 4.79 Å². The molecule has 16 heavy (non-hydrogen) atoms. The minimum absolute atomic E-state index is 0.116. The van der Waals surface area contributed by atoms with E-state index < -0.39 is 0 Å². The van der Waals surface area contributed by atoms with Crippen molar-refractivity contribution in [1.82, 2.24) is 9.55 Å². The molecule has 4 nitrogen and oxygen atoms in total. The quantitative estimate of drug-likeness (QED) is 0.803. The lowest BCUT2D eigenvalue weighted by Crippen LogP contribution is -2.19. The maximum absolute atomic E-state index is 11.5. The summed E-state index contributed by atoms with van der Waals surface area (Å²) in [6.45, 7) is 0.374. The number of nitrogens with two attached hydrogens (primary N) is 1. The van der Waals surface area contributed by atoms with E-state index in [1.807, 2.05) is 0 Å². The second-order valence-corrected chi connectivity index (χ2v) is 3.83. The molecular formula is C11H10ClN3O. The Morgan fingerprint density at radius 1 is 1.38 bits per heavy atom. The summed E-state index contributed by atoms with van der Waals surface area (Å²) < 4.78 is 1.47. The summed E-state index contributed by atoms with van der Waals surface area (Å²) in [5, 5.41) is 0.598. The molecule has 0 spiro atoms. The Hall–Kier alpha value is -1.81. The molecule has 0 unspecified atom stereocenters. The van der Waals surface area contributed by atoms with Crippen LogP contribution in [0.15, 0.2) is 41.6 Å². The molecule has 0 aliphatic carbocycles. The monoisotopic (exact) mass is 235 g/mol. The molecule has 0 fully saturated rings. The van der Waals surface area contributed by atoms with E-state index in [0.29, 0.717) is 17.3 Å². The number of hydrogen-bond acceptors (Lipinski definition) is 3. The van der Waals surface area contributed by atoms with Crippen LogP contribution in [-0.2, 0) is 6.54 Å². The molecule has 0 amide bonds. The van der Waals surface area contributed by atoms with E-state index in [-0.39, 0.29) is 5.56 Å². The first-order valence-corrected chi connectivity index (χ1v) is 5.09. The first kappa shape index (κ1) is 10.7. The predicted molar refractivity (Wildman–Crippen MR) is 63.5 cm³/mol. The molecule has 0 bridgehead atoms. The summed E-state index contributed by atoms with van der Waals surface area (Å²) >= 11 is 5.86. The van der Waals surface area contributed by atoms with E-state index in [4.69, 9.17) is 17.3 Å². The van der Waals surface area contributed by atoms with Gasteiger partial charge in [-0.25, -0.2) is 4.98 Å². The fourth-order valence-corrected chi connectivity index (χ4v) is 1.59. The van der Waals surface area contributed by atoms with Crippen molar-refractivity contribution in [1.29, 1.82) is 0 Å². The molecule has 0 atom stereocenters. The van der Waals surface area contributed by atoms with Crippen LogP contribution in [0.1, 0.15) is 5.56 Å². The summed E-state index contributed by atoms with van der Waals surface area (Å²) in [6, 6.07) is 6.59. The second kappa shape index (κ2) is 4.37. The molecule has 2 rings (SSSR count). The Kier molecular flexibility index (Phi) is 2.92. The van der Waals surface area contributed by atoms with E-state index in [1.165, 1.54) is 23.2 Å². The lowest BCUT2D eigenvalue weighted by molar-refractivity contribution is 0.737. The molecule has 1 aromatic carbocycles. The molecule has 1 heterocycles. The van der Waals surface area contributed by atoms with Crippen LogP contribution in [0.25, 0.3) is 0 Å². The van der Waals surface area contributed by atoms with Crippen molar-refractivity contribution in [2.24, 2.45) is 0 Å². The SMILES string of the molecule is Nc1ccc(Cl)cc1Cn1cnccc1=O. The Balaban J connectivity index is 2.38. The zero-order valence-electron chi connectivity index (χ0n) is 8.43. The van der Waals surface area contributed by atoms with E-state index in [0.717, 1.165) is 5.56 Å². The molecule has 0 aliphatic rings. The molecule has 0 saturated heterocycles. The van der Waals surface area contributed by atoms with Gasteiger partial charge in [0.1, 0.15) is 0 Å². The average molecular weight is 236 g/mol. The highest BCUT2D eigenvalue weighted by molar-refractivity contribution is 6.30. The third-order valence-electron chi connectivity index (χ3n) is 2.24. The van der Waals surface area contributed by atoms with Gasteiger partial charge in [0, 0.05) is 23.0 Å². The molecule has 1 aromatic heterocycles. The van der Waals surface area contributed by atoms with E-state index in [2.05, 4.69) is 4.98 Å². The van der Waals surface area contributed by atoms with E-state index in [1.54, 1.807) is 18.2 Å². The fraction of sp³-hybridized carbons (Fsp3) is 0.0909. The van der Waals surface area contributed by atoms with Crippen LogP contribution >= 0.6 is 11.6 Å². The Labute approximate surface area is 97.3 Å². The van der Waals surface area contributed by atoms with Crippen LogP contribution in [0, 0.1) is 0 Å². The van der Waals surface area contributed by atoms with Crippen LogP contribution in [0.2, 0.25) is 5.02 Å². The van der Waals surface area contributed by atoms with Crippen molar-refractivity contribution in [2.75, 3.05) is 5.73 Å². The molecule has 82 valence electrons. The Morgan fingerprint density at radius 3 is 2.94 bits per heavy atom. The minimum atomic E-state index is -0.116. The van der Waals surface area contributed by atoms with Crippen LogP contribution in [0.5, 0.6) is 0 Å². The Morgan fingerprint density at radius 2 is 2.19 bits per heavy atom. The van der Waals surface area contributed by atoms with Gasteiger partial charge in [-0.1, -0.05) is 11.6 Å². The Bertz CT molecular complexity index is 565. The van der Waals surface area contributed by atoms with Gasteiger partial charge in [-0.15, -0.1) is 0 Å². The highest BCUT2D eigenvalue weighted by Gasteiger charge is 2.02. The lowest BCUT2D eigenvalue weighted by Gasteiger charge is -2.07. The van der Waals surface area contributed by atoms with Gasteiger partial charge in [0.2, 0.25) is 0 Å². The maximum Gasteiger partial charge on any atom is 0.253 e. The standard InChI is InChI=1S/C11H10ClN3O/c12-9-1-2-10(13)8(5-9)6-15-7-14-4-3-11(15)16/h1-5,7H,6,13H2. The predicted octanol–water partition coefficient (Wildman–Crippen LogP) is 1.53. The van der Waals surface area contributed by atoms with Gasteiger partial charge in [0.15, 0.2) is 0 Å². The molecule has 5 heteroatoms. The van der Waals surface area contributed by atoms with E-state index >= 15 is 0 Å². The molecule has 2 aromatic rings. The van der Waals surface area contributed by atoms with Crippen LogP contribution in [-0.4, -0.2) is 9.55 Å². The summed E-state index contributed by atoms with van der Waals surface area (Å²) in [7, 11) is 0. The van der Waals surface area contributed by atoms with Crippen molar-refractivity contribution in [3.8, 4) is 0 Å². The zero-order chi connectivity index (χ0) is 11.5. The van der Waals surface area contributed by atoms with Gasteiger partial charge in [-0.2, -0.15) is 0 Å². The molecular weight excluding hydrogens is 226 g/mol. The largest absolute Gasteiger partial charge is 0.398 e. The summed E-state index contributed by atoms with van der Waals surface area (Å²) in [6.07, 6.45) is 2.93. The highest BCUT2D eigenvalue weighted by atomic mass is 35.5. The van der Waals surface area contributed by atoms with Crippen molar-refractivity contribution in [3.63, 3.8) is 0 Å². The van der Waals surface area contributed by atoms with Crippen molar-refractivity contribution in [2.45, 2.75) is 6.54 Å². The number of nitrogens with zero attached hydrogens (tertiary/aromatic N) is 2. The highest BCUT2D eigenvalue weighted by Crippen LogP contribution is 2.18. The topological polar surface area (TPSA) is 60.9 Å². The van der Waals surface area contributed by atoms with Crippen LogP contribution < -0.4 is 11.3 Å². The van der Waals surface area contributed by atoms with Crippen molar-refractivity contribution >= 4 is 17.3 Å². The number of rotatable bonds is 2. The number of aromatic nitrogens is 2. The fourth-order valence-electron chi connectivity index (χ4n) is 1.39. The minimum Gasteiger partial charge on any atom is -0.398 e. The first-order chi connectivity index (χ1) is 7.66. The summed E-state index contributed by atoms with van der Waals surface area (Å²) in [5.74, 6) is 0. The number of benzene rings is 1. The van der Waals surface area contributed by atoms with Gasteiger partial charge >= 0.3 is 0 Å². The number of anilines is 1. The van der Waals surface area contributed by atoms with Crippen LogP contribution in [0.3, 0.4) is 0 Å². The maximum atomic E-state index is 11.5. The zero-order valence-corrected chi connectivity index (χ0v) is 9.19. The molecule has 0 radical (unpaired) electrons. The number of halogens is 1. The van der Waals surface area contributed by atoms with Gasteiger partial charge < -0.3 is 5.73 Å². The molecule has 2 N–H and O–H groups in total. The molecule has 0 aliphatic heterocycles. The summed E-state index contributed by atoms with van der Waals surface area (Å²) in [5.41, 5.74) is 7.10. The lowest BCUT2D eigenvalue weighted by atomic mass is 10.2.